The molecule has 5 rings (SSSR count). The first-order valence-corrected chi connectivity index (χ1v) is 12.0. The lowest BCUT2D eigenvalue weighted by molar-refractivity contribution is -0.133. The summed E-state index contributed by atoms with van der Waals surface area (Å²) in [6, 6.07) is 30.2. The Balaban J connectivity index is 1.32. The van der Waals surface area contributed by atoms with Crippen molar-refractivity contribution in [3.63, 3.8) is 0 Å². The standard InChI is InChI=1S/C28H23N3O3S/c1-28(21-16-15-19-9-5-6-10-20(19)17-21)26(33)31(27(34)30-28)18-25(32)29-23-13-7-8-14-24(23)35-22-11-3-2-4-12-22/h2-17H,18H2,1H3,(H,29,32)(H,30,34)/t28-/m1/s1. The van der Waals surface area contributed by atoms with Gasteiger partial charge in [-0.3, -0.25) is 14.5 Å². The van der Waals surface area contributed by atoms with Crippen molar-refractivity contribution < 1.29 is 14.4 Å². The van der Waals surface area contributed by atoms with Gasteiger partial charge in [0.2, 0.25) is 5.91 Å². The Kier molecular flexibility index (Phi) is 6.01. The third-order valence-electron chi connectivity index (χ3n) is 6.04. The number of para-hydroxylation sites is 1. The van der Waals surface area contributed by atoms with E-state index in [0.717, 1.165) is 25.5 Å². The molecule has 0 unspecified atom stereocenters. The number of amides is 4. The van der Waals surface area contributed by atoms with Crippen molar-refractivity contribution in [2.24, 2.45) is 0 Å². The van der Waals surface area contributed by atoms with Crippen LogP contribution in [0.1, 0.15) is 12.5 Å². The normalized spacial score (nSPS) is 17.5. The van der Waals surface area contributed by atoms with Crippen LogP contribution in [0.4, 0.5) is 10.5 Å². The van der Waals surface area contributed by atoms with Crippen molar-refractivity contribution in [1.29, 1.82) is 0 Å². The maximum absolute atomic E-state index is 13.3. The molecule has 35 heavy (non-hydrogen) atoms. The number of carbonyl (C=O) groups is 3. The average Bonchev–Trinajstić information content (AvgIpc) is 3.09. The predicted molar refractivity (Wildman–Crippen MR) is 137 cm³/mol. The number of hydrogen-bond donors (Lipinski definition) is 2. The van der Waals surface area contributed by atoms with Gasteiger partial charge in [0.05, 0.1) is 5.69 Å². The minimum atomic E-state index is -1.25. The van der Waals surface area contributed by atoms with Crippen LogP contribution in [0.3, 0.4) is 0 Å². The number of benzene rings is 4. The Morgan fingerprint density at radius 2 is 1.57 bits per heavy atom. The Labute approximate surface area is 207 Å². The topological polar surface area (TPSA) is 78.5 Å². The van der Waals surface area contributed by atoms with Gasteiger partial charge in [-0.1, -0.05) is 78.5 Å². The summed E-state index contributed by atoms with van der Waals surface area (Å²) in [4.78, 5) is 41.8. The van der Waals surface area contributed by atoms with Gasteiger partial charge < -0.3 is 10.6 Å². The second-order valence-electron chi connectivity index (χ2n) is 8.47. The molecule has 6 nitrogen and oxygen atoms in total. The molecule has 1 aliphatic heterocycles. The van der Waals surface area contributed by atoms with E-state index in [1.807, 2.05) is 91.0 Å². The first-order chi connectivity index (χ1) is 16.9. The highest BCUT2D eigenvalue weighted by Gasteiger charge is 2.49. The molecule has 4 amide bonds. The number of anilines is 1. The molecule has 1 atom stereocenters. The molecule has 0 bridgehead atoms. The molecule has 174 valence electrons. The molecule has 1 fully saturated rings. The average molecular weight is 482 g/mol. The molecule has 0 radical (unpaired) electrons. The predicted octanol–water partition coefficient (Wildman–Crippen LogP) is 5.40. The number of fused-ring (bicyclic) bond motifs is 1. The van der Waals surface area contributed by atoms with Crippen LogP contribution in [0.15, 0.2) is 107 Å². The monoisotopic (exact) mass is 481 g/mol. The molecular weight excluding hydrogens is 458 g/mol. The van der Waals surface area contributed by atoms with Crippen LogP contribution in [-0.4, -0.2) is 29.3 Å². The van der Waals surface area contributed by atoms with Crippen molar-refractivity contribution in [1.82, 2.24) is 10.2 Å². The maximum atomic E-state index is 13.3. The van der Waals surface area contributed by atoms with Gasteiger partial charge in [0, 0.05) is 9.79 Å². The quantitative estimate of drug-likeness (QED) is 0.362. The van der Waals surface area contributed by atoms with E-state index in [-0.39, 0.29) is 6.54 Å². The summed E-state index contributed by atoms with van der Waals surface area (Å²) in [6.45, 7) is 1.29. The highest BCUT2D eigenvalue weighted by Crippen LogP contribution is 2.34. The van der Waals surface area contributed by atoms with Crippen molar-refractivity contribution in [2.75, 3.05) is 11.9 Å². The summed E-state index contributed by atoms with van der Waals surface area (Å²) in [6.07, 6.45) is 0. The molecule has 1 heterocycles. The first kappa shape index (κ1) is 22.7. The third-order valence-corrected chi connectivity index (χ3v) is 7.12. The van der Waals surface area contributed by atoms with E-state index in [1.54, 1.807) is 13.0 Å². The minimum absolute atomic E-state index is 0.377. The number of hydrogen-bond acceptors (Lipinski definition) is 4. The number of imide groups is 1. The van der Waals surface area contributed by atoms with Crippen molar-refractivity contribution in [2.45, 2.75) is 22.3 Å². The fourth-order valence-corrected chi connectivity index (χ4v) is 5.07. The highest BCUT2D eigenvalue weighted by molar-refractivity contribution is 7.99. The smallest absolute Gasteiger partial charge is 0.323 e. The number of urea groups is 1. The maximum Gasteiger partial charge on any atom is 0.325 e. The zero-order valence-electron chi connectivity index (χ0n) is 19.0. The Morgan fingerprint density at radius 1 is 0.886 bits per heavy atom. The van der Waals surface area contributed by atoms with Crippen LogP contribution in [0.5, 0.6) is 0 Å². The third kappa shape index (κ3) is 4.50. The van der Waals surface area contributed by atoms with Gasteiger partial charge in [0.1, 0.15) is 12.1 Å². The van der Waals surface area contributed by atoms with E-state index in [2.05, 4.69) is 10.6 Å². The highest BCUT2D eigenvalue weighted by atomic mass is 32.2. The summed E-state index contributed by atoms with van der Waals surface area (Å²) in [5.74, 6) is -0.905. The summed E-state index contributed by atoms with van der Waals surface area (Å²) in [7, 11) is 0. The molecule has 1 saturated heterocycles. The summed E-state index contributed by atoms with van der Waals surface area (Å²) < 4.78 is 0. The zero-order valence-corrected chi connectivity index (χ0v) is 19.8. The lowest BCUT2D eigenvalue weighted by atomic mass is 9.90. The van der Waals surface area contributed by atoms with E-state index >= 15 is 0 Å². The first-order valence-electron chi connectivity index (χ1n) is 11.2. The van der Waals surface area contributed by atoms with Crippen molar-refractivity contribution in [3.8, 4) is 0 Å². The summed E-state index contributed by atoms with van der Waals surface area (Å²) in [5.41, 5.74) is 0.0420. The lowest BCUT2D eigenvalue weighted by Crippen LogP contribution is -2.42. The van der Waals surface area contributed by atoms with Gasteiger partial charge in [-0.2, -0.15) is 0 Å². The second kappa shape index (κ2) is 9.27. The number of nitrogens with zero attached hydrogens (tertiary/aromatic N) is 1. The van der Waals surface area contributed by atoms with Gasteiger partial charge in [0.15, 0.2) is 0 Å². The van der Waals surface area contributed by atoms with Gasteiger partial charge in [0.25, 0.3) is 5.91 Å². The molecule has 1 aliphatic rings. The van der Waals surface area contributed by atoms with Crippen LogP contribution in [-0.2, 0) is 15.1 Å². The molecule has 0 spiro atoms. The minimum Gasteiger partial charge on any atom is -0.323 e. The molecule has 4 aromatic carbocycles. The van der Waals surface area contributed by atoms with E-state index < -0.39 is 23.4 Å². The van der Waals surface area contributed by atoms with Gasteiger partial charge >= 0.3 is 6.03 Å². The lowest BCUT2D eigenvalue weighted by Gasteiger charge is -2.22. The fourth-order valence-electron chi connectivity index (χ4n) is 4.14. The molecule has 2 N–H and O–H groups in total. The Hall–Kier alpha value is -4.10. The van der Waals surface area contributed by atoms with Crippen LogP contribution in [0.25, 0.3) is 10.8 Å². The second-order valence-corrected chi connectivity index (χ2v) is 9.58. The van der Waals surface area contributed by atoms with Gasteiger partial charge in [-0.05, 0) is 53.6 Å². The Morgan fingerprint density at radius 3 is 2.37 bits per heavy atom. The SMILES string of the molecule is C[C@]1(c2ccc3ccccc3c2)NC(=O)N(CC(=O)Nc2ccccc2Sc2ccccc2)C1=O. The van der Waals surface area contributed by atoms with Crippen molar-refractivity contribution >= 4 is 46.1 Å². The van der Waals surface area contributed by atoms with E-state index in [0.29, 0.717) is 11.3 Å². The molecule has 4 aromatic rings. The van der Waals surface area contributed by atoms with Crippen LogP contribution >= 0.6 is 11.8 Å². The number of nitrogens with one attached hydrogen (secondary N) is 2. The molecule has 0 aliphatic carbocycles. The molecule has 0 aromatic heterocycles. The largest absolute Gasteiger partial charge is 0.325 e. The van der Waals surface area contributed by atoms with Gasteiger partial charge in [-0.25, -0.2) is 4.79 Å². The number of rotatable bonds is 6. The Bertz CT molecular complexity index is 1440. The fraction of sp³-hybridized carbons (Fsp3) is 0.107. The van der Waals surface area contributed by atoms with E-state index in [1.165, 1.54) is 11.8 Å². The molecular formula is C28H23N3O3S. The van der Waals surface area contributed by atoms with Crippen LogP contribution < -0.4 is 10.6 Å². The van der Waals surface area contributed by atoms with Crippen molar-refractivity contribution in [3.05, 3.63) is 103 Å². The molecule has 7 heteroatoms. The van der Waals surface area contributed by atoms with Gasteiger partial charge in [-0.15, -0.1) is 0 Å². The molecule has 0 saturated carbocycles. The summed E-state index contributed by atoms with van der Waals surface area (Å²) in [5, 5.41) is 7.65. The van der Waals surface area contributed by atoms with Crippen LogP contribution in [0, 0.1) is 0 Å². The van der Waals surface area contributed by atoms with E-state index in [4.69, 9.17) is 0 Å². The van der Waals surface area contributed by atoms with E-state index in [9.17, 15) is 14.4 Å². The van der Waals surface area contributed by atoms with Crippen LogP contribution in [0.2, 0.25) is 0 Å². The zero-order chi connectivity index (χ0) is 24.4. The number of carbonyl (C=O) groups excluding carboxylic acids is 3. The summed E-state index contributed by atoms with van der Waals surface area (Å²) >= 11 is 1.52.